The normalized spacial score (nSPS) is 18.1. The lowest BCUT2D eigenvalue weighted by atomic mass is 9.86. The molecule has 96 valence electrons. The Balaban J connectivity index is 2.18. The lowest BCUT2D eigenvalue weighted by Crippen LogP contribution is -2.01. The van der Waals surface area contributed by atoms with Crippen molar-refractivity contribution in [2.24, 2.45) is 5.41 Å². The zero-order valence-electron chi connectivity index (χ0n) is 11.7. The Hall–Kier alpha value is -1.82. The monoisotopic (exact) mass is 248 g/mol. The summed E-state index contributed by atoms with van der Waals surface area (Å²) in [5.74, 6) is 0. The molecule has 0 heteroatoms. The van der Waals surface area contributed by atoms with Crippen LogP contribution in [0.1, 0.15) is 32.3 Å². The van der Waals surface area contributed by atoms with Crippen molar-refractivity contribution < 1.29 is 0 Å². The summed E-state index contributed by atoms with van der Waals surface area (Å²) in [5.41, 5.74) is 3.19. The van der Waals surface area contributed by atoms with Gasteiger partial charge in [0.1, 0.15) is 0 Å². The van der Waals surface area contributed by atoms with Crippen LogP contribution in [0.5, 0.6) is 0 Å². The summed E-state index contributed by atoms with van der Waals surface area (Å²) >= 11 is 0. The average molecular weight is 248 g/mol. The lowest BCUT2D eigenvalue weighted by Gasteiger charge is -2.18. The van der Waals surface area contributed by atoms with Gasteiger partial charge in [0.15, 0.2) is 0 Å². The largest absolute Gasteiger partial charge is 0.0908 e. The Morgan fingerprint density at radius 2 is 1.74 bits per heavy atom. The molecule has 0 spiro atoms. The molecule has 0 amide bonds. The molecule has 0 radical (unpaired) electrons. The fourth-order valence-corrected chi connectivity index (χ4v) is 3.15. The van der Waals surface area contributed by atoms with Crippen LogP contribution in [0.2, 0.25) is 0 Å². The van der Waals surface area contributed by atoms with Gasteiger partial charge in [-0.2, -0.15) is 0 Å². The molecule has 0 unspecified atom stereocenters. The van der Waals surface area contributed by atoms with E-state index in [4.69, 9.17) is 0 Å². The third-order valence-corrected chi connectivity index (χ3v) is 4.18. The minimum absolute atomic E-state index is 0.299. The van der Waals surface area contributed by atoms with Crippen molar-refractivity contribution in [1.82, 2.24) is 0 Å². The highest BCUT2D eigenvalue weighted by Crippen LogP contribution is 2.57. The van der Waals surface area contributed by atoms with Gasteiger partial charge in [0.05, 0.1) is 0 Å². The Kier molecular flexibility index (Phi) is 3.02. The molecule has 0 saturated heterocycles. The van der Waals surface area contributed by atoms with Crippen LogP contribution in [0, 0.1) is 5.41 Å². The van der Waals surface area contributed by atoms with Crippen molar-refractivity contribution in [2.45, 2.75) is 26.7 Å². The fraction of sp³-hybridized carbons (Fsp3) is 0.263. The third kappa shape index (κ3) is 2.02. The molecule has 0 N–H and O–H groups in total. The Morgan fingerprint density at radius 3 is 2.42 bits per heavy atom. The van der Waals surface area contributed by atoms with Crippen molar-refractivity contribution >= 4 is 16.3 Å². The van der Waals surface area contributed by atoms with Crippen LogP contribution in [0.4, 0.5) is 0 Å². The number of hydrogen-bond donors (Lipinski definition) is 0. The van der Waals surface area contributed by atoms with Gasteiger partial charge in [-0.3, -0.25) is 0 Å². The molecule has 0 aliphatic heterocycles. The standard InChI is InChI=1S/C19H20/c1-3-12-19(13-14-19)18(4-2)17-11-7-9-15-8-5-6-10-16(15)17/h3-12H,13-14H2,1-2H3/b12-3-,18-4-. The van der Waals surface area contributed by atoms with E-state index in [1.807, 2.05) is 0 Å². The quantitative estimate of drug-likeness (QED) is 0.620. The Morgan fingerprint density at radius 1 is 1.00 bits per heavy atom. The highest BCUT2D eigenvalue weighted by Gasteiger charge is 2.43. The van der Waals surface area contributed by atoms with E-state index >= 15 is 0 Å². The molecular formula is C19H20. The van der Waals surface area contributed by atoms with Gasteiger partial charge in [-0.05, 0) is 48.6 Å². The zero-order chi connectivity index (χ0) is 13.3. The van der Waals surface area contributed by atoms with Gasteiger partial charge in [-0.25, -0.2) is 0 Å². The van der Waals surface area contributed by atoms with Crippen LogP contribution < -0.4 is 0 Å². The highest BCUT2D eigenvalue weighted by molar-refractivity contribution is 5.95. The zero-order valence-corrected chi connectivity index (χ0v) is 11.7. The van der Waals surface area contributed by atoms with Gasteiger partial charge in [0, 0.05) is 5.41 Å². The van der Waals surface area contributed by atoms with Crippen LogP contribution in [0.3, 0.4) is 0 Å². The first-order valence-corrected chi connectivity index (χ1v) is 7.09. The number of allylic oxidation sites excluding steroid dienone is 4. The second-order valence-corrected chi connectivity index (χ2v) is 5.39. The Bertz CT molecular complexity index is 649. The molecule has 0 heterocycles. The summed E-state index contributed by atoms with van der Waals surface area (Å²) in [5, 5.41) is 2.70. The van der Waals surface area contributed by atoms with Gasteiger partial charge in [0.2, 0.25) is 0 Å². The number of rotatable bonds is 3. The number of fused-ring (bicyclic) bond motifs is 1. The van der Waals surface area contributed by atoms with Gasteiger partial charge in [-0.15, -0.1) is 0 Å². The molecule has 2 aromatic rings. The van der Waals surface area contributed by atoms with Crippen molar-refractivity contribution in [3.05, 3.63) is 66.3 Å². The lowest BCUT2D eigenvalue weighted by molar-refractivity contribution is 0.881. The van der Waals surface area contributed by atoms with E-state index in [0.717, 1.165) is 0 Å². The molecule has 1 aliphatic carbocycles. The third-order valence-electron chi connectivity index (χ3n) is 4.18. The minimum Gasteiger partial charge on any atom is -0.0908 e. The second kappa shape index (κ2) is 4.70. The molecular weight excluding hydrogens is 228 g/mol. The summed E-state index contributed by atoms with van der Waals surface area (Å²) < 4.78 is 0. The first-order valence-electron chi connectivity index (χ1n) is 7.09. The molecule has 3 rings (SSSR count). The Labute approximate surface area is 115 Å². The molecule has 0 nitrogen and oxygen atoms in total. The van der Waals surface area contributed by atoms with Crippen LogP contribution >= 0.6 is 0 Å². The molecule has 19 heavy (non-hydrogen) atoms. The van der Waals surface area contributed by atoms with Gasteiger partial charge in [-0.1, -0.05) is 60.7 Å². The molecule has 0 aromatic heterocycles. The van der Waals surface area contributed by atoms with Crippen LogP contribution in [-0.4, -0.2) is 0 Å². The van der Waals surface area contributed by atoms with Gasteiger partial charge >= 0.3 is 0 Å². The smallest absolute Gasteiger partial charge is 0.0135 e. The summed E-state index contributed by atoms with van der Waals surface area (Å²) in [6.45, 7) is 4.29. The molecule has 1 aliphatic rings. The molecule has 1 fully saturated rings. The average Bonchev–Trinajstić information content (AvgIpc) is 3.21. The van der Waals surface area contributed by atoms with Crippen molar-refractivity contribution in [1.29, 1.82) is 0 Å². The number of hydrogen-bond acceptors (Lipinski definition) is 0. The highest BCUT2D eigenvalue weighted by atomic mass is 14.5. The predicted molar refractivity (Wildman–Crippen MR) is 84.1 cm³/mol. The van der Waals surface area contributed by atoms with Gasteiger partial charge in [0.25, 0.3) is 0 Å². The number of benzene rings is 2. The molecule has 1 saturated carbocycles. The van der Waals surface area contributed by atoms with E-state index < -0.39 is 0 Å². The summed E-state index contributed by atoms with van der Waals surface area (Å²) in [7, 11) is 0. The molecule has 0 atom stereocenters. The van der Waals surface area contributed by atoms with Crippen LogP contribution in [-0.2, 0) is 0 Å². The predicted octanol–water partition coefficient (Wildman–Crippen LogP) is 5.60. The van der Waals surface area contributed by atoms with Crippen LogP contribution in [0.25, 0.3) is 16.3 Å². The first kappa shape index (κ1) is 12.2. The maximum Gasteiger partial charge on any atom is 0.0135 e. The van der Waals surface area contributed by atoms with Crippen molar-refractivity contribution in [2.75, 3.05) is 0 Å². The fourth-order valence-electron chi connectivity index (χ4n) is 3.15. The summed E-state index contributed by atoms with van der Waals surface area (Å²) in [6, 6.07) is 15.3. The second-order valence-electron chi connectivity index (χ2n) is 5.39. The molecule has 0 bridgehead atoms. The van der Waals surface area contributed by atoms with E-state index in [2.05, 4.69) is 74.5 Å². The summed E-state index contributed by atoms with van der Waals surface area (Å²) in [4.78, 5) is 0. The van der Waals surface area contributed by atoms with Gasteiger partial charge < -0.3 is 0 Å². The maximum atomic E-state index is 2.38. The topological polar surface area (TPSA) is 0 Å². The summed E-state index contributed by atoms with van der Waals surface area (Å²) in [6.07, 6.45) is 9.43. The van der Waals surface area contributed by atoms with E-state index in [-0.39, 0.29) is 0 Å². The van der Waals surface area contributed by atoms with Crippen molar-refractivity contribution in [3.63, 3.8) is 0 Å². The van der Waals surface area contributed by atoms with E-state index in [0.29, 0.717) is 5.41 Å². The minimum atomic E-state index is 0.299. The first-order chi connectivity index (χ1) is 9.30. The molecule has 2 aromatic carbocycles. The van der Waals surface area contributed by atoms with Crippen LogP contribution in [0.15, 0.2) is 60.7 Å². The van der Waals surface area contributed by atoms with E-state index in [1.165, 1.54) is 34.8 Å². The van der Waals surface area contributed by atoms with E-state index in [1.54, 1.807) is 0 Å². The van der Waals surface area contributed by atoms with Crippen molar-refractivity contribution in [3.8, 4) is 0 Å². The van der Waals surface area contributed by atoms with E-state index in [9.17, 15) is 0 Å². The maximum absolute atomic E-state index is 2.38. The SMILES string of the molecule is C/C=C\C1(/C(=C\C)c2cccc3ccccc23)CC1.